The number of hydrogen-bond acceptors (Lipinski definition) is 3. The molecule has 0 aliphatic carbocycles. The summed E-state index contributed by atoms with van der Waals surface area (Å²) < 4.78 is 6.11. The van der Waals surface area contributed by atoms with Gasteiger partial charge in [-0.05, 0) is 49.1 Å². The number of rotatable bonds is 2. The summed E-state index contributed by atoms with van der Waals surface area (Å²) in [5.74, 6) is 0.744. The summed E-state index contributed by atoms with van der Waals surface area (Å²) >= 11 is 12.6. The van der Waals surface area contributed by atoms with Crippen LogP contribution in [0.15, 0.2) is 60.0 Å². The van der Waals surface area contributed by atoms with E-state index in [-0.39, 0.29) is 6.04 Å². The summed E-state index contributed by atoms with van der Waals surface area (Å²) in [6, 6.07) is 14.0. The van der Waals surface area contributed by atoms with Gasteiger partial charge in [0.15, 0.2) is 0 Å². The molecule has 1 atom stereocenters. The van der Waals surface area contributed by atoms with Crippen LogP contribution < -0.4 is 10.7 Å². The Labute approximate surface area is 167 Å². The van der Waals surface area contributed by atoms with Crippen molar-refractivity contribution in [1.29, 1.82) is 0 Å². The normalized spacial score (nSPS) is 19.6. The second kappa shape index (κ2) is 7.33. The number of hydrogen-bond donors (Lipinski definition) is 1. The van der Waals surface area contributed by atoms with Crippen molar-refractivity contribution in [1.82, 2.24) is 5.01 Å². The summed E-state index contributed by atoms with van der Waals surface area (Å²) in [6.45, 7) is 0.603. The molecule has 0 aromatic heterocycles. The fourth-order valence-corrected chi connectivity index (χ4v) is 4.00. The average Bonchev–Trinajstić information content (AvgIpc) is 2.79. The number of halogens is 2. The summed E-state index contributed by atoms with van der Waals surface area (Å²) in [6.07, 6.45) is 2.56. The van der Waals surface area contributed by atoms with Crippen LogP contribution in [-0.2, 0) is 4.74 Å². The number of hydrazine groups is 1. The maximum atomic E-state index is 12.4. The first-order chi connectivity index (χ1) is 13.1. The molecule has 1 unspecified atom stereocenters. The third-order valence-corrected chi connectivity index (χ3v) is 5.38. The minimum atomic E-state index is -0.565. The molecule has 7 heteroatoms. The Morgan fingerprint density at radius 3 is 2.52 bits per heavy atom. The van der Waals surface area contributed by atoms with Gasteiger partial charge in [-0.15, -0.1) is 0 Å². The highest BCUT2D eigenvalue weighted by Gasteiger charge is 2.44. The number of benzene rings is 2. The van der Waals surface area contributed by atoms with Gasteiger partial charge in [0.25, 0.3) is 0 Å². The molecule has 27 heavy (non-hydrogen) atoms. The molecule has 5 nitrogen and oxygen atoms in total. The van der Waals surface area contributed by atoms with Crippen molar-refractivity contribution >= 4 is 34.9 Å². The number of anilines is 1. The van der Waals surface area contributed by atoms with Gasteiger partial charge < -0.3 is 10.5 Å². The molecule has 2 aliphatic heterocycles. The van der Waals surface area contributed by atoms with Gasteiger partial charge in [0.2, 0.25) is 0 Å². The molecule has 2 heterocycles. The van der Waals surface area contributed by atoms with Crippen LogP contribution in [0.5, 0.6) is 0 Å². The number of carbonyl (C=O) groups is 1. The number of carbonyl (C=O) groups excluding carboxylic acids is 1. The van der Waals surface area contributed by atoms with Crippen molar-refractivity contribution < 1.29 is 9.53 Å². The largest absolute Gasteiger partial charge is 0.493 e. The molecule has 2 amide bonds. The van der Waals surface area contributed by atoms with Crippen molar-refractivity contribution in [2.75, 3.05) is 11.6 Å². The Balaban J connectivity index is 1.91. The van der Waals surface area contributed by atoms with Gasteiger partial charge >= 0.3 is 6.03 Å². The van der Waals surface area contributed by atoms with Crippen molar-refractivity contribution in [3.05, 3.63) is 75.6 Å². The quantitative estimate of drug-likeness (QED) is 0.743. The minimum absolute atomic E-state index is 0.345. The molecular formula is C20H19Cl2N3O2. The number of para-hydroxylation sites is 1. The highest BCUT2D eigenvalue weighted by atomic mass is 35.5. The maximum Gasteiger partial charge on any atom is 0.338 e. The number of amides is 2. The zero-order valence-corrected chi connectivity index (χ0v) is 16.1. The van der Waals surface area contributed by atoms with E-state index in [0.29, 0.717) is 28.8 Å². The van der Waals surface area contributed by atoms with Gasteiger partial charge in [0.05, 0.1) is 23.0 Å². The minimum Gasteiger partial charge on any atom is -0.493 e. The summed E-state index contributed by atoms with van der Waals surface area (Å²) in [4.78, 5) is 12.4. The highest BCUT2D eigenvalue weighted by molar-refractivity contribution is 6.33. The van der Waals surface area contributed by atoms with E-state index in [0.717, 1.165) is 29.9 Å². The van der Waals surface area contributed by atoms with Crippen LogP contribution in [0.2, 0.25) is 10.0 Å². The van der Waals surface area contributed by atoms with Crippen LogP contribution in [-0.4, -0.2) is 17.6 Å². The van der Waals surface area contributed by atoms with E-state index < -0.39 is 6.03 Å². The number of nitrogens with two attached hydrogens (primary N) is 1. The Hall–Kier alpha value is -2.37. The van der Waals surface area contributed by atoms with Crippen LogP contribution in [0.4, 0.5) is 10.5 Å². The average molecular weight is 404 g/mol. The Morgan fingerprint density at radius 2 is 1.81 bits per heavy atom. The summed E-state index contributed by atoms with van der Waals surface area (Å²) in [5.41, 5.74) is 8.21. The lowest BCUT2D eigenvalue weighted by Gasteiger charge is -2.35. The zero-order valence-electron chi connectivity index (χ0n) is 14.6. The first-order valence-electron chi connectivity index (χ1n) is 8.82. The standard InChI is InChI=1S/C20H19Cl2N3O2/c21-14-10-8-13(9-11-14)18-19-17(7-3-4-12-27-19)25(20(23)26)24(18)16-6-2-1-5-15(16)22/h1-2,5-6,8-11,18H,3-4,7,12H2,(H2,23,26). The lowest BCUT2D eigenvalue weighted by atomic mass is 10.0. The van der Waals surface area contributed by atoms with Crippen LogP contribution in [0.25, 0.3) is 0 Å². The number of ether oxygens (including phenoxy) is 1. The van der Waals surface area contributed by atoms with Crippen molar-refractivity contribution in [2.24, 2.45) is 5.73 Å². The molecular weight excluding hydrogens is 385 g/mol. The molecule has 0 spiro atoms. The molecule has 2 N–H and O–H groups in total. The molecule has 0 radical (unpaired) electrons. The number of nitrogens with zero attached hydrogens (tertiary/aromatic N) is 2. The van der Waals surface area contributed by atoms with Gasteiger partial charge in [-0.25, -0.2) is 9.80 Å². The Kier molecular flexibility index (Phi) is 4.89. The van der Waals surface area contributed by atoms with Gasteiger partial charge in [-0.3, -0.25) is 5.01 Å². The topological polar surface area (TPSA) is 58.8 Å². The fourth-order valence-electron chi connectivity index (χ4n) is 3.65. The number of urea groups is 1. The maximum absolute atomic E-state index is 12.4. The number of primary amides is 1. The van der Waals surface area contributed by atoms with E-state index in [4.69, 9.17) is 33.7 Å². The van der Waals surface area contributed by atoms with Gasteiger partial charge in [-0.1, -0.05) is 47.5 Å². The SMILES string of the molecule is NC(=O)N1C2=C(OCCCC2)C(c2ccc(Cl)cc2)N1c1ccccc1Cl. The van der Waals surface area contributed by atoms with E-state index in [1.165, 1.54) is 5.01 Å². The molecule has 0 bridgehead atoms. The predicted molar refractivity (Wildman–Crippen MR) is 106 cm³/mol. The van der Waals surface area contributed by atoms with E-state index in [1.54, 1.807) is 6.07 Å². The molecule has 0 saturated heterocycles. The van der Waals surface area contributed by atoms with E-state index in [9.17, 15) is 4.79 Å². The van der Waals surface area contributed by atoms with E-state index >= 15 is 0 Å². The first-order valence-corrected chi connectivity index (χ1v) is 9.58. The second-order valence-electron chi connectivity index (χ2n) is 6.52. The first kappa shape index (κ1) is 18.0. The van der Waals surface area contributed by atoms with E-state index in [2.05, 4.69) is 0 Å². The number of allylic oxidation sites excluding steroid dienone is 1. The van der Waals surface area contributed by atoms with Gasteiger partial charge in [0.1, 0.15) is 11.8 Å². The summed E-state index contributed by atoms with van der Waals surface area (Å²) in [5, 5.41) is 4.49. The molecule has 2 aliphatic rings. The van der Waals surface area contributed by atoms with Crippen molar-refractivity contribution in [2.45, 2.75) is 25.3 Å². The molecule has 2 aromatic rings. The van der Waals surface area contributed by atoms with E-state index in [1.807, 2.05) is 47.5 Å². The third kappa shape index (κ3) is 3.22. The Bertz CT molecular complexity index is 898. The lowest BCUT2D eigenvalue weighted by Crippen LogP contribution is -2.46. The van der Waals surface area contributed by atoms with Crippen molar-refractivity contribution in [3.63, 3.8) is 0 Å². The summed E-state index contributed by atoms with van der Waals surface area (Å²) in [7, 11) is 0. The molecule has 2 aromatic carbocycles. The van der Waals surface area contributed by atoms with Crippen LogP contribution in [0, 0.1) is 0 Å². The Morgan fingerprint density at radius 1 is 1.07 bits per heavy atom. The van der Waals surface area contributed by atoms with Crippen LogP contribution in [0.1, 0.15) is 30.9 Å². The molecule has 4 rings (SSSR count). The van der Waals surface area contributed by atoms with Gasteiger partial charge in [0, 0.05) is 5.02 Å². The third-order valence-electron chi connectivity index (χ3n) is 4.81. The highest BCUT2D eigenvalue weighted by Crippen LogP contribution is 2.47. The molecule has 140 valence electrons. The lowest BCUT2D eigenvalue weighted by molar-refractivity contribution is 0.195. The smallest absolute Gasteiger partial charge is 0.338 e. The zero-order chi connectivity index (χ0) is 19.0. The van der Waals surface area contributed by atoms with Crippen LogP contribution >= 0.6 is 23.2 Å². The van der Waals surface area contributed by atoms with Gasteiger partial charge in [-0.2, -0.15) is 0 Å². The fraction of sp³-hybridized carbons (Fsp3) is 0.250. The molecule has 0 fully saturated rings. The van der Waals surface area contributed by atoms with Crippen LogP contribution in [0.3, 0.4) is 0 Å². The second-order valence-corrected chi connectivity index (χ2v) is 7.36. The van der Waals surface area contributed by atoms with Crippen molar-refractivity contribution in [3.8, 4) is 0 Å². The predicted octanol–water partition coefficient (Wildman–Crippen LogP) is 5.26. The monoisotopic (exact) mass is 403 g/mol. The molecule has 0 saturated carbocycles.